The van der Waals surface area contributed by atoms with Gasteiger partial charge in [0.25, 0.3) is 0 Å². The number of unbranched alkanes of at least 4 members (excludes halogenated alkanes) is 6. The van der Waals surface area contributed by atoms with Crippen molar-refractivity contribution >= 4 is 0 Å². The molecule has 1 aliphatic rings. The average Bonchev–Trinajstić information content (AvgIpc) is 2.42. The van der Waals surface area contributed by atoms with E-state index < -0.39 is 0 Å². The van der Waals surface area contributed by atoms with E-state index in [2.05, 4.69) is 11.8 Å². The van der Waals surface area contributed by atoms with Crippen molar-refractivity contribution in [3.8, 4) is 0 Å². The van der Waals surface area contributed by atoms with E-state index in [0.717, 1.165) is 25.9 Å². The molecule has 1 rings (SSSR count). The van der Waals surface area contributed by atoms with Crippen molar-refractivity contribution in [2.75, 3.05) is 19.6 Å². The third kappa shape index (κ3) is 9.90. The summed E-state index contributed by atoms with van der Waals surface area (Å²) in [6, 6.07) is 0. The summed E-state index contributed by atoms with van der Waals surface area (Å²) in [7, 11) is 0. The Morgan fingerprint density at radius 2 is 1.39 bits per heavy atom. The highest BCUT2D eigenvalue weighted by Crippen LogP contribution is 2.12. The first-order chi connectivity index (χ1) is 8.83. The minimum atomic E-state index is -0.0229. The molecule has 0 aliphatic carbocycles. The number of piperidine rings is 1. The smallest absolute Gasteiger partial charge is 0.0564 e. The Hall–Kier alpha value is -0.0800. The lowest BCUT2D eigenvalue weighted by atomic mass is 10.1. The molecule has 1 aliphatic heterocycles. The second-order valence-corrected chi connectivity index (χ2v) is 5.19. The molecule has 0 aromatic carbocycles. The molecule has 0 radical (unpaired) electrons. The van der Waals surface area contributed by atoms with E-state index in [4.69, 9.17) is 0 Å². The van der Waals surface area contributed by atoms with E-state index in [9.17, 15) is 5.11 Å². The monoisotopic (exact) mass is 257 g/mol. The number of aliphatic hydroxyl groups is 1. The maximum atomic E-state index is 9.39. The Morgan fingerprint density at radius 3 is 1.94 bits per heavy atom. The van der Waals surface area contributed by atoms with Gasteiger partial charge in [-0.2, -0.15) is 0 Å². The third-order valence-corrected chi connectivity index (χ3v) is 3.63. The molecule has 0 atom stereocenters. The van der Waals surface area contributed by atoms with Crippen LogP contribution in [0.4, 0.5) is 0 Å². The van der Waals surface area contributed by atoms with Crippen molar-refractivity contribution in [2.45, 2.75) is 84.7 Å². The summed E-state index contributed by atoms with van der Waals surface area (Å²) in [5.74, 6) is 0. The molecule has 0 spiro atoms. The van der Waals surface area contributed by atoms with E-state index >= 15 is 0 Å². The van der Waals surface area contributed by atoms with Crippen LogP contribution in [0.15, 0.2) is 0 Å². The second kappa shape index (κ2) is 13.4. The van der Waals surface area contributed by atoms with E-state index in [-0.39, 0.29) is 6.10 Å². The van der Waals surface area contributed by atoms with Crippen LogP contribution in [0.1, 0.15) is 78.6 Å². The van der Waals surface area contributed by atoms with Gasteiger partial charge in [-0.05, 0) is 25.8 Å². The Kier molecular flexibility index (Phi) is 13.3. The van der Waals surface area contributed by atoms with E-state index in [0.29, 0.717) is 0 Å². The van der Waals surface area contributed by atoms with Crippen LogP contribution < -0.4 is 0 Å². The minimum Gasteiger partial charge on any atom is -0.393 e. The zero-order chi connectivity index (χ0) is 13.6. The van der Waals surface area contributed by atoms with Gasteiger partial charge < -0.3 is 10.0 Å². The summed E-state index contributed by atoms with van der Waals surface area (Å²) >= 11 is 0. The van der Waals surface area contributed by atoms with Crippen LogP contribution in [-0.4, -0.2) is 35.7 Å². The maximum absolute atomic E-state index is 9.39. The summed E-state index contributed by atoms with van der Waals surface area (Å²) in [5, 5.41) is 9.39. The van der Waals surface area contributed by atoms with Crippen LogP contribution in [0.3, 0.4) is 0 Å². The lowest BCUT2D eigenvalue weighted by Gasteiger charge is -2.29. The van der Waals surface area contributed by atoms with Crippen LogP contribution in [0.2, 0.25) is 0 Å². The average molecular weight is 257 g/mol. The van der Waals surface area contributed by atoms with Gasteiger partial charge in [-0.25, -0.2) is 0 Å². The van der Waals surface area contributed by atoms with Crippen molar-refractivity contribution < 1.29 is 5.11 Å². The van der Waals surface area contributed by atoms with Crippen LogP contribution in [0.25, 0.3) is 0 Å². The molecule has 1 saturated heterocycles. The van der Waals surface area contributed by atoms with Crippen molar-refractivity contribution in [3.63, 3.8) is 0 Å². The molecule has 1 N–H and O–H groups in total. The van der Waals surface area contributed by atoms with Crippen LogP contribution in [-0.2, 0) is 0 Å². The zero-order valence-corrected chi connectivity index (χ0v) is 13.0. The predicted octanol–water partition coefficient (Wildman–Crippen LogP) is 4.22. The molecule has 0 aromatic rings. The minimum absolute atomic E-state index is 0.0229. The molecule has 0 amide bonds. The number of hydrogen-bond acceptors (Lipinski definition) is 2. The lowest BCUT2D eigenvalue weighted by molar-refractivity contribution is 0.0817. The van der Waals surface area contributed by atoms with Gasteiger partial charge in [0.05, 0.1) is 6.10 Å². The van der Waals surface area contributed by atoms with Gasteiger partial charge in [-0.3, -0.25) is 0 Å². The van der Waals surface area contributed by atoms with E-state index in [1.807, 2.05) is 13.8 Å². The number of aliphatic hydroxyl groups excluding tert-OH is 1. The third-order valence-electron chi connectivity index (χ3n) is 3.63. The number of rotatable bonds is 8. The molecule has 0 unspecified atom stereocenters. The Balaban J connectivity index is 0.00000137. The summed E-state index contributed by atoms with van der Waals surface area (Å²) < 4.78 is 0. The van der Waals surface area contributed by atoms with E-state index in [1.54, 1.807) is 0 Å². The van der Waals surface area contributed by atoms with Crippen molar-refractivity contribution in [1.82, 2.24) is 4.90 Å². The molecule has 0 saturated carbocycles. The van der Waals surface area contributed by atoms with Crippen molar-refractivity contribution in [2.24, 2.45) is 0 Å². The van der Waals surface area contributed by atoms with Gasteiger partial charge in [-0.15, -0.1) is 0 Å². The zero-order valence-electron chi connectivity index (χ0n) is 13.0. The highest BCUT2D eigenvalue weighted by molar-refractivity contribution is 4.70. The SMILES string of the molecule is CC.CCCCCCCCCN1CCC(O)CC1. The van der Waals surface area contributed by atoms with Crippen molar-refractivity contribution in [3.05, 3.63) is 0 Å². The first-order valence-electron chi connectivity index (χ1n) is 8.23. The molecule has 2 heteroatoms. The fraction of sp³-hybridized carbons (Fsp3) is 1.00. The second-order valence-electron chi connectivity index (χ2n) is 5.19. The van der Waals surface area contributed by atoms with E-state index in [1.165, 1.54) is 51.5 Å². The predicted molar refractivity (Wildman–Crippen MR) is 81.0 cm³/mol. The van der Waals surface area contributed by atoms with Gasteiger partial charge in [0, 0.05) is 13.1 Å². The quantitative estimate of drug-likeness (QED) is 0.658. The Morgan fingerprint density at radius 1 is 0.889 bits per heavy atom. The Bertz CT molecular complexity index is 153. The lowest BCUT2D eigenvalue weighted by Crippen LogP contribution is -2.36. The summed E-state index contributed by atoms with van der Waals surface area (Å²) in [6.07, 6.45) is 11.7. The molecular formula is C16H35NO. The van der Waals surface area contributed by atoms with Gasteiger partial charge in [0.15, 0.2) is 0 Å². The van der Waals surface area contributed by atoms with Crippen molar-refractivity contribution in [1.29, 1.82) is 0 Å². The molecule has 110 valence electrons. The molecular weight excluding hydrogens is 222 g/mol. The number of likely N-dealkylation sites (tertiary alicyclic amines) is 1. The van der Waals surface area contributed by atoms with Crippen LogP contribution in [0, 0.1) is 0 Å². The Labute approximate surface area is 115 Å². The molecule has 18 heavy (non-hydrogen) atoms. The highest BCUT2D eigenvalue weighted by atomic mass is 16.3. The standard InChI is InChI=1S/C14H29NO.C2H6/c1-2-3-4-5-6-7-8-11-15-12-9-14(16)10-13-15;1-2/h14,16H,2-13H2,1H3;1-2H3. The van der Waals surface area contributed by atoms with Crippen LogP contribution >= 0.6 is 0 Å². The van der Waals surface area contributed by atoms with Gasteiger partial charge in [0.1, 0.15) is 0 Å². The molecule has 2 nitrogen and oxygen atoms in total. The highest BCUT2D eigenvalue weighted by Gasteiger charge is 2.15. The number of hydrogen-bond donors (Lipinski definition) is 1. The summed E-state index contributed by atoms with van der Waals surface area (Å²) in [4.78, 5) is 2.51. The maximum Gasteiger partial charge on any atom is 0.0564 e. The summed E-state index contributed by atoms with van der Waals surface area (Å²) in [5.41, 5.74) is 0. The topological polar surface area (TPSA) is 23.5 Å². The fourth-order valence-electron chi connectivity index (χ4n) is 2.44. The number of nitrogens with zero attached hydrogens (tertiary/aromatic N) is 1. The van der Waals surface area contributed by atoms with Gasteiger partial charge >= 0.3 is 0 Å². The fourth-order valence-corrected chi connectivity index (χ4v) is 2.44. The largest absolute Gasteiger partial charge is 0.393 e. The molecule has 0 bridgehead atoms. The first kappa shape index (κ1) is 17.9. The first-order valence-corrected chi connectivity index (χ1v) is 8.23. The van der Waals surface area contributed by atoms with Gasteiger partial charge in [0.2, 0.25) is 0 Å². The molecule has 1 fully saturated rings. The summed E-state index contributed by atoms with van der Waals surface area (Å²) in [6.45, 7) is 9.74. The van der Waals surface area contributed by atoms with Crippen LogP contribution in [0.5, 0.6) is 0 Å². The molecule has 1 heterocycles. The van der Waals surface area contributed by atoms with Gasteiger partial charge in [-0.1, -0.05) is 59.3 Å². The normalized spacial score (nSPS) is 17.3. The molecule has 0 aromatic heterocycles.